The van der Waals surface area contributed by atoms with Gasteiger partial charge in [-0.15, -0.1) is 0 Å². The minimum absolute atomic E-state index is 0.135. The van der Waals surface area contributed by atoms with Gasteiger partial charge in [-0.05, 0) is 36.1 Å². The minimum Gasteiger partial charge on any atom is -0.323 e. The number of benzene rings is 2. The van der Waals surface area contributed by atoms with Gasteiger partial charge in [0.1, 0.15) is 0 Å². The van der Waals surface area contributed by atoms with Crippen LogP contribution in [0.15, 0.2) is 71.9 Å². The van der Waals surface area contributed by atoms with Gasteiger partial charge in [0.2, 0.25) is 10.0 Å². The quantitative estimate of drug-likeness (QED) is 0.553. The Morgan fingerprint density at radius 1 is 1.04 bits per heavy atom. The number of nitrogens with two attached hydrogens (primary N) is 1. The van der Waals surface area contributed by atoms with E-state index in [4.69, 9.17) is 5.73 Å². The van der Waals surface area contributed by atoms with Gasteiger partial charge < -0.3 is 11.1 Å². The van der Waals surface area contributed by atoms with Gasteiger partial charge in [-0.3, -0.25) is 4.98 Å². The number of pyridine rings is 1. The average molecular weight is 385 g/mol. The Morgan fingerprint density at radius 3 is 2.59 bits per heavy atom. The molecular weight excluding hydrogens is 360 g/mol. The van der Waals surface area contributed by atoms with Crippen molar-refractivity contribution >= 4 is 20.8 Å². The Labute approximate surface area is 159 Å². The van der Waals surface area contributed by atoms with E-state index in [1.807, 2.05) is 37.3 Å². The molecule has 3 rings (SSSR count). The van der Waals surface area contributed by atoms with Crippen molar-refractivity contribution < 1.29 is 8.42 Å². The SMILES string of the molecule is CC(CNCC(N)c1ccccc1)NS(=O)(=O)c1ccc2cnccc2c1. The van der Waals surface area contributed by atoms with Crippen molar-refractivity contribution in [3.8, 4) is 0 Å². The zero-order chi connectivity index (χ0) is 19.3. The molecule has 2 atom stereocenters. The molecule has 0 saturated heterocycles. The summed E-state index contributed by atoms with van der Waals surface area (Å²) in [7, 11) is -3.60. The van der Waals surface area contributed by atoms with E-state index in [-0.39, 0.29) is 17.0 Å². The van der Waals surface area contributed by atoms with Gasteiger partial charge in [-0.2, -0.15) is 0 Å². The fraction of sp³-hybridized carbons (Fsp3) is 0.250. The highest BCUT2D eigenvalue weighted by atomic mass is 32.2. The number of rotatable bonds is 8. The minimum atomic E-state index is -3.60. The largest absolute Gasteiger partial charge is 0.323 e. The normalized spacial score (nSPS) is 14.1. The Morgan fingerprint density at radius 2 is 1.81 bits per heavy atom. The monoisotopic (exact) mass is 384 g/mol. The first-order valence-electron chi connectivity index (χ1n) is 8.83. The maximum absolute atomic E-state index is 12.6. The zero-order valence-corrected chi connectivity index (χ0v) is 16.0. The van der Waals surface area contributed by atoms with Gasteiger partial charge in [0.05, 0.1) is 4.90 Å². The number of sulfonamides is 1. The van der Waals surface area contributed by atoms with Crippen LogP contribution in [-0.4, -0.2) is 32.5 Å². The Balaban J connectivity index is 1.56. The summed E-state index contributed by atoms with van der Waals surface area (Å²) in [6.07, 6.45) is 3.36. The fourth-order valence-electron chi connectivity index (χ4n) is 2.88. The van der Waals surface area contributed by atoms with Crippen LogP contribution < -0.4 is 15.8 Å². The van der Waals surface area contributed by atoms with Crippen LogP contribution in [0.25, 0.3) is 10.8 Å². The number of nitrogens with one attached hydrogen (secondary N) is 2. The van der Waals surface area contributed by atoms with Gasteiger partial charge in [-0.25, -0.2) is 13.1 Å². The van der Waals surface area contributed by atoms with E-state index in [9.17, 15) is 8.42 Å². The molecule has 27 heavy (non-hydrogen) atoms. The molecule has 142 valence electrons. The van der Waals surface area contributed by atoms with Crippen LogP contribution in [0.3, 0.4) is 0 Å². The number of nitrogens with zero attached hydrogens (tertiary/aromatic N) is 1. The Kier molecular flexibility index (Phi) is 6.18. The molecule has 6 nitrogen and oxygen atoms in total. The molecule has 0 bridgehead atoms. The van der Waals surface area contributed by atoms with E-state index < -0.39 is 10.0 Å². The first-order valence-corrected chi connectivity index (χ1v) is 10.3. The summed E-state index contributed by atoms with van der Waals surface area (Å²) < 4.78 is 28.0. The lowest BCUT2D eigenvalue weighted by molar-refractivity contribution is 0.520. The predicted molar refractivity (Wildman–Crippen MR) is 108 cm³/mol. The molecule has 0 aliphatic heterocycles. The van der Waals surface area contributed by atoms with Gasteiger partial charge in [0.15, 0.2) is 0 Å². The van der Waals surface area contributed by atoms with E-state index in [2.05, 4.69) is 15.0 Å². The smallest absolute Gasteiger partial charge is 0.240 e. The lowest BCUT2D eigenvalue weighted by Gasteiger charge is -2.18. The average Bonchev–Trinajstić information content (AvgIpc) is 2.67. The summed E-state index contributed by atoms with van der Waals surface area (Å²) >= 11 is 0. The van der Waals surface area contributed by atoms with Gasteiger partial charge >= 0.3 is 0 Å². The molecule has 0 saturated carbocycles. The van der Waals surface area contributed by atoms with Crippen LogP contribution in [0.1, 0.15) is 18.5 Å². The van der Waals surface area contributed by atoms with Crippen molar-refractivity contribution in [3.05, 3.63) is 72.6 Å². The number of hydrogen-bond donors (Lipinski definition) is 3. The highest BCUT2D eigenvalue weighted by Gasteiger charge is 2.18. The molecule has 2 unspecified atom stereocenters. The molecule has 1 heterocycles. The van der Waals surface area contributed by atoms with Crippen molar-refractivity contribution in [1.82, 2.24) is 15.0 Å². The van der Waals surface area contributed by atoms with Gasteiger partial charge in [0.25, 0.3) is 0 Å². The highest BCUT2D eigenvalue weighted by molar-refractivity contribution is 7.89. The first kappa shape index (κ1) is 19.4. The molecule has 4 N–H and O–H groups in total. The topological polar surface area (TPSA) is 97.1 Å². The fourth-order valence-corrected chi connectivity index (χ4v) is 4.16. The molecule has 0 aliphatic carbocycles. The standard InChI is InChI=1S/C20H24N4O2S/c1-15(12-23-14-20(21)16-5-3-2-4-6-16)24-27(25,26)19-8-7-18-13-22-10-9-17(18)11-19/h2-11,13,15,20,23-24H,12,14,21H2,1H3. The summed E-state index contributed by atoms with van der Waals surface area (Å²) in [5.41, 5.74) is 7.19. The molecule has 0 amide bonds. The summed E-state index contributed by atoms with van der Waals surface area (Å²) in [5.74, 6) is 0. The van der Waals surface area contributed by atoms with Crippen molar-refractivity contribution in [3.63, 3.8) is 0 Å². The van der Waals surface area contributed by atoms with Crippen molar-refractivity contribution in [1.29, 1.82) is 0 Å². The second-order valence-electron chi connectivity index (χ2n) is 6.58. The van der Waals surface area contributed by atoms with Crippen LogP contribution in [0.4, 0.5) is 0 Å². The third-order valence-corrected chi connectivity index (χ3v) is 5.91. The molecule has 1 aromatic heterocycles. The van der Waals surface area contributed by atoms with Gasteiger partial charge in [-0.1, -0.05) is 36.4 Å². The molecule has 0 radical (unpaired) electrons. The zero-order valence-electron chi connectivity index (χ0n) is 15.2. The second-order valence-corrected chi connectivity index (χ2v) is 8.30. The lowest BCUT2D eigenvalue weighted by Crippen LogP contribution is -2.41. The molecule has 0 fully saturated rings. The lowest BCUT2D eigenvalue weighted by atomic mass is 10.1. The third kappa shape index (κ3) is 5.11. The molecule has 7 heteroatoms. The number of fused-ring (bicyclic) bond motifs is 1. The Bertz CT molecular complexity index is 993. The summed E-state index contributed by atoms with van der Waals surface area (Å²) in [6, 6.07) is 16.2. The molecule has 2 aromatic carbocycles. The maximum Gasteiger partial charge on any atom is 0.240 e. The van der Waals surface area contributed by atoms with Crippen LogP contribution in [-0.2, 0) is 10.0 Å². The van der Waals surface area contributed by atoms with Gasteiger partial charge in [0, 0.05) is 43.0 Å². The predicted octanol–water partition coefficient (Wildman–Crippen LogP) is 2.19. The first-order chi connectivity index (χ1) is 13.0. The van der Waals surface area contributed by atoms with E-state index in [0.29, 0.717) is 13.1 Å². The van der Waals surface area contributed by atoms with E-state index in [1.54, 1.807) is 36.7 Å². The number of aromatic nitrogens is 1. The molecule has 3 aromatic rings. The van der Waals surface area contributed by atoms with Crippen LogP contribution in [0.5, 0.6) is 0 Å². The number of hydrogen-bond acceptors (Lipinski definition) is 5. The van der Waals surface area contributed by atoms with Crippen molar-refractivity contribution in [2.24, 2.45) is 5.73 Å². The van der Waals surface area contributed by atoms with E-state index >= 15 is 0 Å². The Hall–Kier alpha value is -2.32. The van der Waals surface area contributed by atoms with Crippen molar-refractivity contribution in [2.75, 3.05) is 13.1 Å². The van der Waals surface area contributed by atoms with Crippen LogP contribution in [0.2, 0.25) is 0 Å². The van der Waals surface area contributed by atoms with Crippen LogP contribution in [0, 0.1) is 0 Å². The summed E-state index contributed by atoms with van der Waals surface area (Å²) in [6.45, 7) is 2.87. The van der Waals surface area contributed by atoms with Crippen LogP contribution >= 0.6 is 0 Å². The second kappa shape index (κ2) is 8.58. The maximum atomic E-state index is 12.6. The third-order valence-electron chi connectivity index (χ3n) is 4.32. The van der Waals surface area contributed by atoms with E-state index in [1.165, 1.54) is 0 Å². The molecule has 0 spiro atoms. The summed E-state index contributed by atoms with van der Waals surface area (Å²) in [5, 5.41) is 4.97. The molecule has 0 aliphatic rings. The van der Waals surface area contributed by atoms with E-state index in [0.717, 1.165) is 16.3 Å². The van der Waals surface area contributed by atoms with Crippen molar-refractivity contribution in [2.45, 2.75) is 23.9 Å². The summed E-state index contributed by atoms with van der Waals surface area (Å²) in [4.78, 5) is 4.28. The highest BCUT2D eigenvalue weighted by Crippen LogP contribution is 2.18. The molecular formula is C20H24N4O2S.